The summed E-state index contributed by atoms with van der Waals surface area (Å²) in [5, 5.41) is 15.2. The topological polar surface area (TPSA) is 74.0 Å². The molecule has 0 fully saturated rings. The molecule has 0 saturated heterocycles. The lowest BCUT2D eigenvalue weighted by atomic mass is 9.91. The molecule has 2 rings (SSSR count). The van der Waals surface area contributed by atoms with Gasteiger partial charge in [-0.15, -0.1) is 0 Å². The third-order valence-corrected chi connectivity index (χ3v) is 3.74. The van der Waals surface area contributed by atoms with Crippen LogP contribution in [0.25, 0.3) is 5.57 Å². The Morgan fingerprint density at radius 1 is 1.04 bits per heavy atom. The summed E-state index contributed by atoms with van der Waals surface area (Å²) in [6.45, 7) is 0. The molecule has 0 heterocycles. The minimum atomic E-state index is -1.69. The van der Waals surface area contributed by atoms with Crippen molar-refractivity contribution in [3.8, 4) is 0 Å². The van der Waals surface area contributed by atoms with Gasteiger partial charge in [0.25, 0.3) is 0 Å². The molecule has 0 aliphatic heterocycles. The fourth-order valence-corrected chi connectivity index (χ4v) is 2.26. The van der Waals surface area contributed by atoms with Gasteiger partial charge in [-0.25, -0.2) is 22.4 Å². The van der Waals surface area contributed by atoms with Crippen molar-refractivity contribution < 1.29 is 27.1 Å². The second kappa shape index (κ2) is 6.07. The second-order valence-corrected chi connectivity index (χ2v) is 5.18. The van der Waals surface area contributed by atoms with Crippen molar-refractivity contribution in [2.24, 2.45) is 0 Å². The SMILES string of the molecule is COC(=O)C1=CC(c2c(F)c(F)c(Br)c(F)c2F)=CC(=N)C1=N. The minimum Gasteiger partial charge on any atom is -0.465 e. The summed E-state index contributed by atoms with van der Waals surface area (Å²) >= 11 is 2.39. The van der Waals surface area contributed by atoms with E-state index in [9.17, 15) is 22.4 Å². The quantitative estimate of drug-likeness (QED) is 0.266. The van der Waals surface area contributed by atoms with E-state index < -0.39 is 61.8 Å². The van der Waals surface area contributed by atoms with Crippen LogP contribution in [-0.2, 0) is 9.53 Å². The molecule has 0 radical (unpaired) electrons. The van der Waals surface area contributed by atoms with E-state index in [4.69, 9.17) is 10.8 Å². The number of methoxy groups -OCH3 is 1. The van der Waals surface area contributed by atoms with Crippen LogP contribution in [-0.4, -0.2) is 24.5 Å². The van der Waals surface area contributed by atoms with Crippen molar-refractivity contribution in [1.29, 1.82) is 10.8 Å². The Hall–Kier alpha value is -2.29. The Balaban J connectivity index is 2.75. The van der Waals surface area contributed by atoms with Gasteiger partial charge in [0.2, 0.25) is 0 Å². The number of ether oxygens (including phenoxy) is 1. The molecule has 0 aromatic heterocycles. The van der Waals surface area contributed by atoms with Gasteiger partial charge in [0.05, 0.1) is 34.1 Å². The molecular formula is C14H7BrF4N2O2. The largest absolute Gasteiger partial charge is 0.465 e. The Bertz CT molecular complexity index is 802. The number of halogens is 5. The van der Waals surface area contributed by atoms with Gasteiger partial charge in [-0.3, -0.25) is 10.8 Å². The zero-order valence-electron chi connectivity index (χ0n) is 11.4. The maximum atomic E-state index is 14.0. The lowest BCUT2D eigenvalue weighted by Crippen LogP contribution is -2.23. The zero-order valence-corrected chi connectivity index (χ0v) is 12.9. The summed E-state index contributed by atoms with van der Waals surface area (Å²) in [4.78, 5) is 11.6. The highest BCUT2D eigenvalue weighted by atomic mass is 79.9. The Labute approximate surface area is 135 Å². The van der Waals surface area contributed by atoms with Crippen LogP contribution in [0.2, 0.25) is 0 Å². The maximum Gasteiger partial charge on any atom is 0.340 e. The molecule has 2 N–H and O–H groups in total. The number of hydrogen-bond acceptors (Lipinski definition) is 4. The molecule has 0 bridgehead atoms. The first-order valence-electron chi connectivity index (χ1n) is 5.92. The number of esters is 1. The van der Waals surface area contributed by atoms with E-state index in [2.05, 4.69) is 20.7 Å². The predicted octanol–water partition coefficient (Wildman–Crippen LogP) is 3.54. The van der Waals surface area contributed by atoms with Crippen molar-refractivity contribution in [1.82, 2.24) is 0 Å². The molecule has 120 valence electrons. The monoisotopic (exact) mass is 390 g/mol. The van der Waals surface area contributed by atoms with Crippen molar-refractivity contribution in [3.63, 3.8) is 0 Å². The van der Waals surface area contributed by atoms with Crippen LogP contribution in [0, 0.1) is 34.1 Å². The molecule has 4 nitrogen and oxygen atoms in total. The number of benzene rings is 1. The summed E-state index contributed by atoms with van der Waals surface area (Å²) in [7, 11) is 1.01. The van der Waals surface area contributed by atoms with Gasteiger partial charge in [-0.05, 0) is 33.7 Å². The molecule has 0 unspecified atom stereocenters. The number of carbonyl (C=O) groups excluding carboxylic acids is 1. The maximum absolute atomic E-state index is 14.0. The van der Waals surface area contributed by atoms with E-state index in [0.29, 0.717) is 0 Å². The highest BCUT2D eigenvalue weighted by molar-refractivity contribution is 9.10. The van der Waals surface area contributed by atoms with E-state index in [0.717, 1.165) is 19.3 Å². The smallest absolute Gasteiger partial charge is 0.340 e. The van der Waals surface area contributed by atoms with E-state index >= 15 is 0 Å². The summed E-state index contributed by atoms with van der Waals surface area (Å²) in [5.74, 6) is -7.71. The Morgan fingerprint density at radius 3 is 2.04 bits per heavy atom. The van der Waals surface area contributed by atoms with Crippen LogP contribution in [0.1, 0.15) is 5.56 Å². The summed E-state index contributed by atoms with van der Waals surface area (Å²) in [6.07, 6.45) is 1.66. The van der Waals surface area contributed by atoms with Gasteiger partial charge >= 0.3 is 5.97 Å². The van der Waals surface area contributed by atoms with Gasteiger partial charge < -0.3 is 4.74 Å². The van der Waals surface area contributed by atoms with Crippen LogP contribution in [0.5, 0.6) is 0 Å². The van der Waals surface area contributed by atoms with E-state index in [-0.39, 0.29) is 0 Å². The van der Waals surface area contributed by atoms with Crippen LogP contribution in [0.15, 0.2) is 22.2 Å². The van der Waals surface area contributed by atoms with Crippen molar-refractivity contribution in [2.45, 2.75) is 0 Å². The molecule has 1 aliphatic carbocycles. The average molecular weight is 391 g/mol. The first kappa shape index (κ1) is 17.1. The fraction of sp³-hybridized carbons (Fsp3) is 0.0714. The Kier molecular flexibility index (Phi) is 4.51. The van der Waals surface area contributed by atoms with Crippen LogP contribution < -0.4 is 0 Å². The van der Waals surface area contributed by atoms with Gasteiger partial charge in [0.15, 0.2) is 23.3 Å². The lowest BCUT2D eigenvalue weighted by Gasteiger charge is -2.16. The number of nitrogens with one attached hydrogen (secondary N) is 2. The highest BCUT2D eigenvalue weighted by Crippen LogP contribution is 2.34. The van der Waals surface area contributed by atoms with Crippen molar-refractivity contribution in [3.05, 3.63) is 51.0 Å². The number of rotatable bonds is 2. The standard InChI is InChI=1S/C14H7BrF4N2O2/c1-23-14(22)5-2-4(3-6(20)13(5)21)7-9(16)11(18)8(15)12(19)10(7)17/h2-3,20-21H,1H3. The third kappa shape index (κ3) is 2.72. The Morgan fingerprint density at radius 2 is 1.57 bits per heavy atom. The van der Waals surface area contributed by atoms with Gasteiger partial charge in [0.1, 0.15) is 0 Å². The van der Waals surface area contributed by atoms with Crippen LogP contribution >= 0.6 is 15.9 Å². The number of allylic oxidation sites excluding steroid dienone is 3. The van der Waals surface area contributed by atoms with Crippen LogP contribution in [0.4, 0.5) is 17.6 Å². The molecule has 1 aromatic rings. The summed E-state index contributed by atoms with van der Waals surface area (Å²) < 4.78 is 58.6. The predicted molar refractivity (Wildman–Crippen MR) is 77.5 cm³/mol. The molecular weight excluding hydrogens is 384 g/mol. The molecule has 9 heteroatoms. The van der Waals surface area contributed by atoms with E-state index in [1.807, 2.05) is 0 Å². The number of hydrogen-bond donors (Lipinski definition) is 2. The fourth-order valence-electron chi connectivity index (χ4n) is 1.92. The minimum absolute atomic E-state index is 0.461. The molecule has 1 aromatic carbocycles. The molecule has 0 saturated carbocycles. The van der Waals surface area contributed by atoms with Gasteiger partial charge in [0, 0.05) is 0 Å². The van der Waals surface area contributed by atoms with E-state index in [1.165, 1.54) is 0 Å². The molecule has 0 atom stereocenters. The van der Waals surface area contributed by atoms with E-state index in [1.54, 1.807) is 0 Å². The molecule has 23 heavy (non-hydrogen) atoms. The summed E-state index contributed by atoms with van der Waals surface area (Å²) in [5.41, 5.74) is -3.11. The highest BCUT2D eigenvalue weighted by Gasteiger charge is 2.30. The third-order valence-electron chi connectivity index (χ3n) is 3.04. The van der Waals surface area contributed by atoms with Gasteiger partial charge in [-0.2, -0.15) is 0 Å². The second-order valence-electron chi connectivity index (χ2n) is 4.38. The molecule has 0 spiro atoms. The van der Waals surface area contributed by atoms with Crippen molar-refractivity contribution in [2.75, 3.05) is 7.11 Å². The molecule has 0 amide bonds. The first-order valence-corrected chi connectivity index (χ1v) is 6.71. The van der Waals surface area contributed by atoms with Gasteiger partial charge in [-0.1, -0.05) is 0 Å². The lowest BCUT2D eigenvalue weighted by molar-refractivity contribution is -0.135. The summed E-state index contributed by atoms with van der Waals surface area (Å²) in [6, 6.07) is 0. The average Bonchev–Trinajstić information content (AvgIpc) is 2.53. The van der Waals surface area contributed by atoms with Crippen molar-refractivity contribution >= 4 is 38.9 Å². The number of carbonyl (C=O) groups is 1. The first-order chi connectivity index (χ1) is 10.7. The zero-order chi connectivity index (χ0) is 17.5. The molecule has 1 aliphatic rings. The normalized spacial score (nSPS) is 14.5. The van der Waals surface area contributed by atoms with Crippen LogP contribution in [0.3, 0.4) is 0 Å².